The summed E-state index contributed by atoms with van der Waals surface area (Å²) in [5, 5.41) is 0. The van der Waals surface area contributed by atoms with E-state index in [1.165, 1.54) is 16.7 Å². The summed E-state index contributed by atoms with van der Waals surface area (Å²) in [6.07, 6.45) is 2.79. The van der Waals surface area contributed by atoms with Gasteiger partial charge in [-0.15, -0.1) is 0 Å². The summed E-state index contributed by atoms with van der Waals surface area (Å²) < 4.78 is 6.26. The van der Waals surface area contributed by atoms with E-state index in [2.05, 4.69) is 6.92 Å². The molecule has 19 heavy (non-hydrogen) atoms. The predicted molar refractivity (Wildman–Crippen MR) is 83.2 cm³/mol. The van der Waals surface area contributed by atoms with Gasteiger partial charge in [0.1, 0.15) is 10.1 Å². The molecule has 0 atom stereocenters. The molecule has 0 saturated carbocycles. The molecule has 1 aromatic carbocycles. The maximum atomic E-state index is 12.0. The fourth-order valence-corrected chi connectivity index (χ4v) is 2.80. The van der Waals surface area contributed by atoms with E-state index in [1.54, 1.807) is 7.05 Å². The molecule has 1 aromatic rings. The van der Waals surface area contributed by atoms with Crippen LogP contribution in [-0.4, -0.2) is 28.8 Å². The second-order valence-electron chi connectivity index (χ2n) is 4.13. The monoisotopic (exact) mass is 293 g/mol. The van der Waals surface area contributed by atoms with Crippen molar-refractivity contribution in [3.63, 3.8) is 0 Å². The van der Waals surface area contributed by atoms with Crippen LogP contribution < -0.4 is 4.74 Å². The Morgan fingerprint density at radius 1 is 1.42 bits per heavy atom. The molecule has 1 aliphatic heterocycles. The van der Waals surface area contributed by atoms with Crippen molar-refractivity contribution in [1.82, 2.24) is 4.90 Å². The zero-order valence-electron chi connectivity index (χ0n) is 10.9. The molecule has 1 fully saturated rings. The van der Waals surface area contributed by atoms with Gasteiger partial charge in [-0.3, -0.25) is 9.69 Å². The van der Waals surface area contributed by atoms with E-state index >= 15 is 0 Å². The first kappa shape index (κ1) is 14.1. The number of benzene rings is 1. The zero-order valence-corrected chi connectivity index (χ0v) is 12.5. The van der Waals surface area contributed by atoms with Crippen molar-refractivity contribution in [3.8, 4) is 5.75 Å². The van der Waals surface area contributed by atoms with E-state index in [4.69, 9.17) is 17.0 Å². The number of hydrogen-bond donors (Lipinski definition) is 0. The van der Waals surface area contributed by atoms with Gasteiger partial charge in [0.05, 0.1) is 11.5 Å². The van der Waals surface area contributed by atoms with Gasteiger partial charge in [0.25, 0.3) is 5.91 Å². The predicted octanol–water partition coefficient (Wildman–Crippen LogP) is 3.31. The molecular formula is C14H15NO2S2. The van der Waals surface area contributed by atoms with E-state index < -0.39 is 0 Å². The Hall–Kier alpha value is -1.33. The summed E-state index contributed by atoms with van der Waals surface area (Å²) in [6, 6.07) is 7.70. The maximum Gasteiger partial charge on any atom is 0.265 e. The normalized spacial score (nSPS) is 17.4. The van der Waals surface area contributed by atoms with E-state index in [9.17, 15) is 4.79 Å². The third-order valence-electron chi connectivity index (χ3n) is 2.65. The van der Waals surface area contributed by atoms with Crippen LogP contribution in [-0.2, 0) is 4.79 Å². The summed E-state index contributed by atoms with van der Waals surface area (Å²) in [5.74, 6) is 0.742. The van der Waals surface area contributed by atoms with Gasteiger partial charge in [0.15, 0.2) is 0 Å². The van der Waals surface area contributed by atoms with Crippen LogP contribution >= 0.6 is 24.0 Å². The minimum Gasteiger partial charge on any atom is -0.493 e. The van der Waals surface area contributed by atoms with Crippen LogP contribution in [0.1, 0.15) is 18.9 Å². The first-order valence-electron chi connectivity index (χ1n) is 6.07. The molecule has 2 rings (SSSR count). The standard InChI is InChI=1S/C14H15NO2S2/c1-3-8-17-11-7-5-4-6-10(11)9-12-13(16)15(2)14(18)19-12/h4-7,9H,3,8H2,1-2H3/b12-9-. The van der Waals surface area contributed by atoms with Crippen molar-refractivity contribution in [2.45, 2.75) is 13.3 Å². The molecule has 1 saturated heterocycles. The highest BCUT2D eigenvalue weighted by Gasteiger charge is 2.28. The van der Waals surface area contributed by atoms with Crippen molar-refractivity contribution < 1.29 is 9.53 Å². The number of rotatable bonds is 4. The van der Waals surface area contributed by atoms with Gasteiger partial charge in [-0.05, 0) is 18.6 Å². The fourth-order valence-electron chi connectivity index (χ4n) is 1.63. The van der Waals surface area contributed by atoms with Crippen LogP contribution in [0, 0.1) is 0 Å². The Morgan fingerprint density at radius 2 is 2.16 bits per heavy atom. The van der Waals surface area contributed by atoms with Crippen LogP contribution in [0.3, 0.4) is 0 Å². The number of amides is 1. The van der Waals surface area contributed by atoms with Gasteiger partial charge in [-0.2, -0.15) is 0 Å². The van der Waals surface area contributed by atoms with Gasteiger partial charge >= 0.3 is 0 Å². The highest BCUT2D eigenvalue weighted by molar-refractivity contribution is 8.26. The van der Waals surface area contributed by atoms with E-state index in [0.717, 1.165) is 17.7 Å². The molecule has 0 radical (unpaired) electrons. The van der Waals surface area contributed by atoms with Crippen LogP contribution in [0.5, 0.6) is 5.75 Å². The lowest BCUT2D eigenvalue weighted by atomic mass is 10.2. The van der Waals surface area contributed by atoms with Crippen molar-refractivity contribution in [2.24, 2.45) is 0 Å². The fraction of sp³-hybridized carbons (Fsp3) is 0.286. The lowest BCUT2D eigenvalue weighted by Crippen LogP contribution is -2.22. The molecule has 0 unspecified atom stereocenters. The molecule has 3 nitrogen and oxygen atoms in total. The first-order valence-corrected chi connectivity index (χ1v) is 7.29. The van der Waals surface area contributed by atoms with Gasteiger partial charge in [-0.25, -0.2) is 0 Å². The summed E-state index contributed by atoms with van der Waals surface area (Å²) >= 11 is 6.43. The summed E-state index contributed by atoms with van der Waals surface area (Å²) in [6.45, 7) is 2.73. The Labute approximate surface area is 122 Å². The molecule has 100 valence electrons. The Kier molecular flexibility index (Phi) is 4.61. The van der Waals surface area contributed by atoms with Crippen molar-refractivity contribution in [2.75, 3.05) is 13.7 Å². The third-order valence-corrected chi connectivity index (χ3v) is 4.14. The molecule has 0 N–H and O–H groups in total. The Bertz CT molecular complexity index is 540. The smallest absolute Gasteiger partial charge is 0.265 e. The average Bonchev–Trinajstić information content (AvgIpc) is 2.65. The number of likely N-dealkylation sites (N-methyl/N-ethyl adjacent to an activating group) is 1. The number of para-hydroxylation sites is 1. The highest BCUT2D eigenvalue weighted by atomic mass is 32.2. The topological polar surface area (TPSA) is 29.5 Å². The Balaban J connectivity index is 2.28. The number of nitrogens with zero attached hydrogens (tertiary/aromatic N) is 1. The quantitative estimate of drug-likeness (QED) is 0.629. The van der Waals surface area contributed by atoms with Crippen LogP contribution in [0.15, 0.2) is 29.2 Å². The molecule has 0 aliphatic carbocycles. The number of carbonyl (C=O) groups excluding carboxylic acids is 1. The first-order chi connectivity index (χ1) is 9.13. The number of carbonyl (C=O) groups is 1. The minimum absolute atomic E-state index is 0.0553. The van der Waals surface area contributed by atoms with Gasteiger partial charge in [0.2, 0.25) is 0 Å². The number of thiocarbonyl (C=S) groups is 1. The number of thioether (sulfide) groups is 1. The van der Waals surface area contributed by atoms with Gasteiger partial charge in [0, 0.05) is 12.6 Å². The lowest BCUT2D eigenvalue weighted by Gasteiger charge is -2.08. The second kappa shape index (κ2) is 6.21. The highest BCUT2D eigenvalue weighted by Crippen LogP contribution is 2.33. The minimum atomic E-state index is -0.0553. The van der Waals surface area contributed by atoms with Crippen molar-refractivity contribution >= 4 is 40.3 Å². The molecule has 0 spiro atoms. The van der Waals surface area contributed by atoms with Gasteiger partial charge in [-0.1, -0.05) is 49.1 Å². The van der Waals surface area contributed by atoms with Crippen LogP contribution in [0.4, 0.5) is 0 Å². The average molecular weight is 293 g/mol. The maximum absolute atomic E-state index is 12.0. The van der Waals surface area contributed by atoms with E-state index in [0.29, 0.717) is 15.8 Å². The SMILES string of the molecule is CCCOc1ccccc1/C=C1\SC(=S)N(C)C1=O. The molecule has 0 bridgehead atoms. The van der Waals surface area contributed by atoms with Crippen molar-refractivity contribution in [3.05, 3.63) is 34.7 Å². The number of hydrogen-bond acceptors (Lipinski definition) is 4. The largest absolute Gasteiger partial charge is 0.493 e. The van der Waals surface area contributed by atoms with E-state index in [-0.39, 0.29) is 5.91 Å². The second-order valence-corrected chi connectivity index (χ2v) is 5.80. The molecular weight excluding hydrogens is 278 g/mol. The summed E-state index contributed by atoms with van der Waals surface area (Å²) in [4.78, 5) is 14.1. The summed E-state index contributed by atoms with van der Waals surface area (Å²) in [7, 11) is 1.69. The molecule has 1 amide bonds. The molecule has 5 heteroatoms. The van der Waals surface area contributed by atoms with Crippen LogP contribution in [0.25, 0.3) is 6.08 Å². The lowest BCUT2D eigenvalue weighted by molar-refractivity contribution is -0.121. The third kappa shape index (κ3) is 3.16. The van der Waals surface area contributed by atoms with E-state index in [1.807, 2.05) is 30.3 Å². The van der Waals surface area contributed by atoms with Crippen LogP contribution in [0.2, 0.25) is 0 Å². The summed E-state index contributed by atoms with van der Waals surface area (Å²) in [5.41, 5.74) is 0.907. The van der Waals surface area contributed by atoms with Crippen molar-refractivity contribution in [1.29, 1.82) is 0 Å². The molecule has 1 heterocycles. The Morgan fingerprint density at radius 3 is 2.79 bits per heavy atom. The van der Waals surface area contributed by atoms with Gasteiger partial charge < -0.3 is 4.74 Å². The molecule has 1 aliphatic rings. The molecule has 0 aromatic heterocycles. The number of ether oxygens (including phenoxy) is 1. The zero-order chi connectivity index (χ0) is 13.8.